The summed E-state index contributed by atoms with van der Waals surface area (Å²) in [5.74, 6) is -0.00795. The fourth-order valence-corrected chi connectivity index (χ4v) is 2.79. The van der Waals surface area contributed by atoms with Gasteiger partial charge in [0.15, 0.2) is 0 Å². The molecule has 2 aliphatic carbocycles. The first kappa shape index (κ1) is 12.3. The van der Waals surface area contributed by atoms with Crippen molar-refractivity contribution in [2.75, 3.05) is 6.61 Å². The van der Waals surface area contributed by atoms with Gasteiger partial charge >= 0.3 is 5.97 Å². The zero-order valence-corrected chi connectivity index (χ0v) is 10.5. The van der Waals surface area contributed by atoms with Crippen LogP contribution in [0.4, 0.5) is 0 Å². The maximum atomic E-state index is 11.9. The molecule has 0 heterocycles. The number of carbonyl (C=O) groups is 2. The molecule has 0 aromatic carbocycles. The van der Waals surface area contributed by atoms with Gasteiger partial charge in [0.05, 0.1) is 12.5 Å². The third-order valence-electron chi connectivity index (χ3n) is 3.78. The Labute approximate surface area is 102 Å². The summed E-state index contributed by atoms with van der Waals surface area (Å²) in [6, 6.07) is 0. The largest absolute Gasteiger partial charge is 0.465 e. The van der Waals surface area contributed by atoms with Crippen molar-refractivity contribution in [1.29, 1.82) is 0 Å². The highest BCUT2D eigenvalue weighted by atomic mass is 16.5. The van der Waals surface area contributed by atoms with Crippen LogP contribution in [-0.4, -0.2) is 18.4 Å². The molecular weight excluding hydrogens is 216 g/mol. The molecule has 0 amide bonds. The summed E-state index contributed by atoms with van der Waals surface area (Å²) in [5, 5.41) is 0. The van der Waals surface area contributed by atoms with E-state index in [1.807, 2.05) is 12.2 Å². The number of allylic oxidation sites excluding steroid dienone is 2. The van der Waals surface area contributed by atoms with Gasteiger partial charge in [-0.3, -0.25) is 9.59 Å². The summed E-state index contributed by atoms with van der Waals surface area (Å²) in [4.78, 5) is 23.5. The first-order chi connectivity index (χ1) is 8.13. The van der Waals surface area contributed by atoms with Crippen LogP contribution >= 0.6 is 0 Å². The van der Waals surface area contributed by atoms with Gasteiger partial charge in [-0.2, -0.15) is 0 Å². The molecule has 0 aliphatic heterocycles. The van der Waals surface area contributed by atoms with E-state index >= 15 is 0 Å². The molecule has 0 aromatic heterocycles. The van der Waals surface area contributed by atoms with Gasteiger partial charge in [-0.1, -0.05) is 32.4 Å². The zero-order chi connectivity index (χ0) is 12.4. The molecule has 3 heteroatoms. The summed E-state index contributed by atoms with van der Waals surface area (Å²) in [6.45, 7) is 4.69. The van der Waals surface area contributed by atoms with Crippen molar-refractivity contribution in [3.05, 3.63) is 12.2 Å². The summed E-state index contributed by atoms with van der Waals surface area (Å²) >= 11 is 0. The Morgan fingerprint density at radius 3 is 2.82 bits per heavy atom. The number of ether oxygens (including phenoxy) is 1. The standard InChI is InChI=1S/C14H20O3/c1-3-4-9(2)8-17-14(16)12-7-10-5-6-11(12)13(10)15/h5-6,9-12H,3-4,7-8H2,1-2H3. The number of fused-ring (bicyclic) bond motifs is 2. The van der Waals surface area contributed by atoms with Crippen molar-refractivity contribution in [3.63, 3.8) is 0 Å². The lowest BCUT2D eigenvalue weighted by Gasteiger charge is -2.17. The first-order valence-corrected chi connectivity index (χ1v) is 6.52. The van der Waals surface area contributed by atoms with E-state index in [1.165, 1.54) is 0 Å². The third-order valence-corrected chi connectivity index (χ3v) is 3.78. The lowest BCUT2D eigenvalue weighted by molar-refractivity contribution is -0.151. The number of esters is 1. The molecule has 2 rings (SSSR count). The van der Waals surface area contributed by atoms with Gasteiger partial charge in [0.1, 0.15) is 5.78 Å². The summed E-state index contributed by atoms with van der Waals surface area (Å²) in [6.07, 6.45) is 6.63. The topological polar surface area (TPSA) is 43.4 Å². The van der Waals surface area contributed by atoms with Crippen molar-refractivity contribution >= 4 is 11.8 Å². The fourth-order valence-electron chi connectivity index (χ4n) is 2.79. The van der Waals surface area contributed by atoms with Crippen LogP contribution in [0.2, 0.25) is 0 Å². The van der Waals surface area contributed by atoms with E-state index in [0.29, 0.717) is 18.9 Å². The fraction of sp³-hybridized carbons (Fsp3) is 0.714. The summed E-state index contributed by atoms with van der Waals surface area (Å²) in [5.41, 5.74) is 0. The molecule has 1 fully saturated rings. The quantitative estimate of drug-likeness (QED) is 0.543. The molecule has 4 atom stereocenters. The van der Waals surface area contributed by atoms with Gasteiger partial charge < -0.3 is 4.74 Å². The maximum absolute atomic E-state index is 11.9. The van der Waals surface area contributed by atoms with Gasteiger partial charge in [-0.25, -0.2) is 0 Å². The molecule has 94 valence electrons. The molecular formula is C14H20O3. The zero-order valence-electron chi connectivity index (χ0n) is 10.5. The number of ketones is 1. The van der Waals surface area contributed by atoms with Crippen LogP contribution in [0.1, 0.15) is 33.1 Å². The summed E-state index contributed by atoms with van der Waals surface area (Å²) < 4.78 is 5.32. The second-order valence-corrected chi connectivity index (χ2v) is 5.29. The van der Waals surface area contributed by atoms with E-state index in [9.17, 15) is 9.59 Å². The smallest absolute Gasteiger partial charge is 0.310 e. The van der Waals surface area contributed by atoms with Crippen LogP contribution in [0.25, 0.3) is 0 Å². The highest BCUT2D eigenvalue weighted by molar-refractivity contribution is 5.96. The summed E-state index contributed by atoms with van der Waals surface area (Å²) in [7, 11) is 0. The molecule has 17 heavy (non-hydrogen) atoms. The van der Waals surface area contributed by atoms with Crippen molar-refractivity contribution in [2.24, 2.45) is 23.7 Å². The monoisotopic (exact) mass is 236 g/mol. The highest BCUT2D eigenvalue weighted by Crippen LogP contribution is 2.41. The lowest BCUT2D eigenvalue weighted by Crippen LogP contribution is -2.24. The van der Waals surface area contributed by atoms with E-state index in [0.717, 1.165) is 12.8 Å². The Hall–Kier alpha value is -1.12. The first-order valence-electron chi connectivity index (χ1n) is 6.52. The molecule has 2 bridgehead atoms. The van der Waals surface area contributed by atoms with Gasteiger partial charge in [0.2, 0.25) is 0 Å². The van der Waals surface area contributed by atoms with Crippen molar-refractivity contribution in [1.82, 2.24) is 0 Å². The van der Waals surface area contributed by atoms with Crippen LogP contribution < -0.4 is 0 Å². The second kappa shape index (κ2) is 5.03. The number of hydrogen-bond donors (Lipinski definition) is 0. The molecule has 4 unspecified atom stereocenters. The number of hydrogen-bond acceptors (Lipinski definition) is 3. The van der Waals surface area contributed by atoms with Crippen LogP contribution in [0, 0.1) is 23.7 Å². The van der Waals surface area contributed by atoms with E-state index < -0.39 is 0 Å². The van der Waals surface area contributed by atoms with Crippen LogP contribution in [0.15, 0.2) is 12.2 Å². The van der Waals surface area contributed by atoms with Crippen molar-refractivity contribution < 1.29 is 14.3 Å². The van der Waals surface area contributed by atoms with Crippen molar-refractivity contribution in [2.45, 2.75) is 33.1 Å². The van der Waals surface area contributed by atoms with Crippen LogP contribution in [0.3, 0.4) is 0 Å². The number of Topliss-reactive ketones (excluding diaryl/α,β-unsaturated/α-hetero) is 1. The molecule has 3 nitrogen and oxygen atoms in total. The molecule has 1 saturated carbocycles. The highest BCUT2D eigenvalue weighted by Gasteiger charge is 2.47. The van der Waals surface area contributed by atoms with Gasteiger partial charge in [0.25, 0.3) is 0 Å². The minimum absolute atomic E-state index is 0.0226. The second-order valence-electron chi connectivity index (χ2n) is 5.29. The predicted molar refractivity (Wildman–Crippen MR) is 64.3 cm³/mol. The maximum Gasteiger partial charge on any atom is 0.310 e. The van der Waals surface area contributed by atoms with Crippen molar-refractivity contribution in [3.8, 4) is 0 Å². The molecule has 0 N–H and O–H groups in total. The SMILES string of the molecule is CCCC(C)COC(=O)C1CC2C=CC1C2=O. The Morgan fingerprint density at radius 2 is 2.29 bits per heavy atom. The minimum Gasteiger partial charge on any atom is -0.465 e. The molecule has 2 aliphatic rings. The number of rotatable bonds is 5. The Kier molecular flexibility index (Phi) is 3.65. The Morgan fingerprint density at radius 1 is 1.53 bits per heavy atom. The number of carbonyl (C=O) groups excluding carboxylic acids is 2. The lowest BCUT2D eigenvalue weighted by atomic mass is 9.94. The third kappa shape index (κ3) is 2.43. The average molecular weight is 236 g/mol. The predicted octanol–water partition coefficient (Wildman–Crippen LogP) is 2.36. The van der Waals surface area contributed by atoms with Crippen LogP contribution in [0.5, 0.6) is 0 Å². The van der Waals surface area contributed by atoms with Gasteiger partial charge in [0, 0.05) is 11.8 Å². The normalized spacial score (nSPS) is 31.9. The van der Waals surface area contributed by atoms with E-state index in [-0.39, 0.29) is 29.5 Å². The van der Waals surface area contributed by atoms with E-state index in [1.54, 1.807) is 0 Å². The molecule has 0 aromatic rings. The minimum atomic E-state index is -0.216. The van der Waals surface area contributed by atoms with Gasteiger partial charge in [-0.05, 0) is 18.8 Å². The Bertz CT molecular complexity index is 345. The van der Waals surface area contributed by atoms with Crippen LogP contribution in [-0.2, 0) is 14.3 Å². The van der Waals surface area contributed by atoms with E-state index in [4.69, 9.17) is 4.74 Å². The average Bonchev–Trinajstić information content (AvgIpc) is 2.82. The molecule has 0 saturated heterocycles. The van der Waals surface area contributed by atoms with E-state index in [2.05, 4.69) is 13.8 Å². The van der Waals surface area contributed by atoms with Gasteiger partial charge in [-0.15, -0.1) is 0 Å². The Balaban J connectivity index is 1.82. The molecule has 0 radical (unpaired) electrons. The molecule has 0 spiro atoms.